The number of amides is 1. The van der Waals surface area contributed by atoms with Gasteiger partial charge in [-0.15, -0.1) is 0 Å². The SMILES string of the molecule is CNCc1cnc(N(C)CC(=O)NCCOC)nc1. The molecule has 0 saturated carbocycles. The Morgan fingerprint density at radius 1 is 1.42 bits per heavy atom. The zero-order valence-corrected chi connectivity index (χ0v) is 11.6. The molecular formula is C12H21N5O2. The molecule has 7 nitrogen and oxygen atoms in total. The minimum Gasteiger partial charge on any atom is -0.383 e. The standard InChI is InChI=1S/C12H21N5O2/c1-13-6-10-7-15-12(16-8-10)17(2)9-11(18)14-4-5-19-3/h7-8,13H,4-6,9H2,1-3H3,(H,14,18). The molecule has 0 atom stereocenters. The van der Waals surface area contributed by atoms with Crippen LogP contribution in [0.1, 0.15) is 5.56 Å². The summed E-state index contributed by atoms with van der Waals surface area (Å²) in [7, 11) is 5.24. The largest absolute Gasteiger partial charge is 0.383 e. The van der Waals surface area contributed by atoms with Crippen LogP contribution in [0.15, 0.2) is 12.4 Å². The summed E-state index contributed by atoms with van der Waals surface area (Å²) in [5.41, 5.74) is 1.00. The molecule has 0 saturated heterocycles. The van der Waals surface area contributed by atoms with Crippen LogP contribution in [0, 0.1) is 0 Å². The van der Waals surface area contributed by atoms with Gasteiger partial charge in [-0.05, 0) is 7.05 Å². The second-order valence-electron chi connectivity index (χ2n) is 4.12. The predicted octanol–water partition coefficient (Wildman–Crippen LogP) is -0.605. The first-order valence-electron chi connectivity index (χ1n) is 6.09. The maximum Gasteiger partial charge on any atom is 0.239 e. The molecule has 0 unspecified atom stereocenters. The number of nitrogens with zero attached hydrogens (tertiary/aromatic N) is 3. The predicted molar refractivity (Wildman–Crippen MR) is 73.0 cm³/mol. The van der Waals surface area contributed by atoms with Crippen molar-refractivity contribution in [2.24, 2.45) is 0 Å². The fourth-order valence-electron chi connectivity index (χ4n) is 1.48. The molecule has 106 valence electrons. The smallest absolute Gasteiger partial charge is 0.239 e. The summed E-state index contributed by atoms with van der Waals surface area (Å²) in [6.45, 7) is 1.95. The Kier molecular flexibility index (Phi) is 6.76. The lowest BCUT2D eigenvalue weighted by molar-refractivity contribution is -0.119. The van der Waals surface area contributed by atoms with Crippen LogP contribution in [-0.4, -0.2) is 56.8 Å². The molecule has 0 aromatic carbocycles. The van der Waals surface area contributed by atoms with Crippen molar-refractivity contribution in [3.05, 3.63) is 18.0 Å². The number of hydrogen-bond acceptors (Lipinski definition) is 6. The first kappa shape index (κ1) is 15.3. The van der Waals surface area contributed by atoms with Gasteiger partial charge >= 0.3 is 0 Å². The molecule has 0 aliphatic carbocycles. The number of anilines is 1. The third-order valence-electron chi connectivity index (χ3n) is 2.42. The zero-order chi connectivity index (χ0) is 14.1. The number of ether oxygens (including phenoxy) is 1. The summed E-state index contributed by atoms with van der Waals surface area (Å²) in [5.74, 6) is 0.448. The van der Waals surface area contributed by atoms with Crippen molar-refractivity contribution in [2.45, 2.75) is 6.54 Å². The fourth-order valence-corrected chi connectivity index (χ4v) is 1.48. The van der Waals surface area contributed by atoms with E-state index in [1.165, 1.54) is 0 Å². The lowest BCUT2D eigenvalue weighted by Gasteiger charge is -2.16. The molecule has 1 amide bonds. The summed E-state index contributed by atoms with van der Waals surface area (Å²) >= 11 is 0. The van der Waals surface area contributed by atoms with Gasteiger partial charge in [0.05, 0.1) is 13.2 Å². The number of methoxy groups -OCH3 is 1. The Bertz CT molecular complexity index is 382. The molecule has 7 heteroatoms. The number of likely N-dealkylation sites (N-methyl/N-ethyl adjacent to an activating group) is 1. The maximum absolute atomic E-state index is 11.6. The van der Waals surface area contributed by atoms with Crippen molar-refractivity contribution in [1.29, 1.82) is 0 Å². The van der Waals surface area contributed by atoms with E-state index in [1.807, 2.05) is 7.05 Å². The summed E-state index contributed by atoms with van der Waals surface area (Å²) in [5, 5.41) is 5.77. The molecule has 0 bridgehead atoms. The Hall–Kier alpha value is -1.73. The van der Waals surface area contributed by atoms with E-state index in [9.17, 15) is 4.79 Å². The lowest BCUT2D eigenvalue weighted by atomic mass is 10.3. The minimum atomic E-state index is -0.0811. The average molecular weight is 267 g/mol. The summed E-state index contributed by atoms with van der Waals surface area (Å²) < 4.78 is 4.86. The Morgan fingerprint density at radius 2 is 2.11 bits per heavy atom. The van der Waals surface area contributed by atoms with Crippen LogP contribution >= 0.6 is 0 Å². The van der Waals surface area contributed by atoms with Crippen molar-refractivity contribution in [1.82, 2.24) is 20.6 Å². The van der Waals surface area contributed by atoms with Crippen LogP contribution in [0.3, 0.4) is 0 Å². The van der Waals surface area contributed by atoms with E-state index < -0.39 is 0 Å². The molecule has 0 aliphatic rings. The molecule has 0 fully saturated rings. The highest BCUT2D eigenvalue weighted by atomic mass is 16.5. The van der Waals surface area contributed by atoms with Gasteiger partial charge in [-0.1, -0.05) is 0 Å². The van der Waals surface area contributed by atoms with E-state index in [4.69, 9.17) is 4.74 Å². The third kappa shape index (κ3) is 5.62. The van der Waals surface area contributed by atoms with Crippen molar-refractivity contribution in [2.75, 3.05) is 45.8 Å². The topological polar surface area (TPSA) is 79.4 Å². The van der Waals surface area contributed by atoms with Gasteiger partial charge in [0, 0.05) is 45.2 Å². The van der Waals surface area contributed by atoms with E-state index in [2.05, 4.69) is 20.6 Å². The Morgan fingerprint density at radius 3 is 2.68 bits per heavy atom. The fraction of sp³-hybridized carbons (Fsp3) is 0.583. The number of hydrogen-bond donors (Lipinski definition) is 2. The van der Waals surface area contributed by atoms with Crippen molar-refractivity contribution >= 4 is 11.9 Å². The van der Waals surface area contributed by atoms with Gasteiger partial charge in [-0.3, -0.25) is 4.79 Å². The van der Waals surface area contributed by atoms with Gasteiger partial charge in [0.15, 0.2) is 0 Å². The molecule has 1 aromatic heterocycles. The van der Waals surface area contributed by atoms with Crippen LogP contribution in [-0.2, 0) is 16.1 Å². The maximum atomic E-state index is 11.6. The van der Waals surface area contributed by atoms with Gasteiger partial charge in [-0.25, -0.2) is 9.97 Å². The quantitative estimate of drug-likeness (QED) is 0.612. The van der Waals surface area contributed by atoms with Gasteiger partial charge in [0.1, 0.15) is 0 Å². The molecule has 0 radical (unpaired) electrons. The molecule has 1 heterocycles. The highest BCUT2D eigenvalue weighted by molar-refractivity contribution is 5.80. The number of carbonyl (C=O) groups excluding carboxylic acids is 1. The van der Waals surface area contributed by atoms with Crippen LogP contribution in [0.5, 0.6) is 0 Å². The van der Waals surface area contributed by atoms with Gasteiger partial charge in [0.2, 0.25) is 11.9 Å². The number of aromatic nitrogens is 2. The molecular weight excluding hydrogens is 246 g/mol. The van der Waals surface area contributed by atoms with E-state index in [0.29, 0.717) is 19.1 Å². The van der Waals surface area contributed by atoms with Crippen molar-refractivity contribution in [3.63, 3.8) is 0 Å². The van der Waals surface area contributed by atoms with Gasteiger partial charge in [0.25, 0.3) is 0 Å². The van der Waals surface area contributed by atoms with Crippen molar-refractivity contribution < 1.29 is 9.53 Å². The van der Waals surface area contributed by atoms with Crippen LogP contribution in [0.4, 0.5) is 5.95 Å². The zero-order valence-electron chi connectivity index (χ0n) is 11.6. The highest BCUT2D eigenvalue weighted by Gasteiger charge is 2.09. The molecule has 2 N–H and O–H groups in total. The second-order valence-corrected chi connectivity index (χ2v) is 4.12. The summed E-state index contributed by atoms with van der Waals surface area (Å²) in [6.07, 6.45) is 3.50. The van der Waals surface area contributed by atoms with Gasteiger partial charge in [-0.2, -0.15) is 0 Å². The minimum absolute atomic E-state index is 0.0811. The lowest BCUT2D eigenvalue weighted by Crippen LogP contribution is -2.37. The second kappa shape index (κ2) is 8.39. The molecule has 0 spiro atoms. The summed E-state index contributed by atoms with van der Waals surface area (Å²) in [6, 6.07) is 0. The van der Waals surface area contributed by atoms with Crippen molar-refractivity contribution in [3.8, 4) is 0 Å². The number of nitrogens with one attached hydrogen (secondary N) is 2. The van der Waals surface area contributed by atoms with E-state index in [1.54, 1.807) is 31.5 Å². The highest BCUT2D eigenvalue weighted by Crippen LogP contribution is 2.04. The van der Waals surface area contributed by atoms with Crippen LogP contribution in [0.2, 0.25) is 0 Å². The monoisotopic (exact) mass is 267 g/mol. The normalized spacial score (nSPS) is 10.3. The molecule has 1 rings (SSSR count). The molecule has 0 aliphatic heterocycles. The Balaban J connectivity index is 2.43. The average Bonchev–Trinajstić information content (AvgIpc) is 2.40. The third-order valence-corrected chi connectivity index (χ3v) is 2.42. The number of rotatable bonds is 8. The summed E-state index contributed by atoms with van der Waals surface area (Å²) in [4.78, 5) is 21.7. The first-order chi connectivity index (χ1) is 9.17. The number of carbonyl (C=O) groups is 1. The Labute approximate surface area is 113 Å². The first-order valence-corrected chi connectivity index (χ1v) is 6.09. The molecule has 19 heavy (non-hydrogen) atoms. The molecule has 1 aromatic rings. The van der Waals surface area contributed by atoms with Gasteiger partial charge < -0.3 is 20.3 Å². The van der Waals surface area contributed by atoms with Crippen LogP contribution < -0.4 is 15.5 Å². The van der Waals surface area contributed by atoms with Crippen LogP contribution in [0.25, 0.3) is 0 Å². The van der Waals surface area contributed by atoms with E-state index in [0.717, 1.165) is 12.1 Å². The van der Waals surface area contributed by atoms with E-state index >= 15 is 0 Å². The van der Waals surface area contributed by atoms with E-state index in [-0.39, 0.29) is 12.5 Å².